The Bertz CT molecular complexity index is 1130. The van der Waals surface area contributed by atoms with E-state index in [9.17, 15) is 9.59 Å². The van der Waals surface area contributed by atoms with Crippen LogP contribution in [0.4, 0.5) is 0 Å². The number of ether oxygens (including phenoxy) is 3. The Morgan fingerprint density at radius 3 is 2.63 bits per heavy atom. The first-order valence-electron chi connectivity index (χ1n) is 9.47. The van der Waals surface area contributed by atoms with Gasteiger partial charge in [-0.1, -0.05) is 25.4 Å². The van der Waals surface area contributed by atoms with E-state index < -0.39 is 11.6 Å². The molecule has 0 spiro atoms. The van der Waals surface area contributed by atoms with Gasteiger partial charge in [-0.05, 0) is 48.2 Å². The Morgan fingerprint density at radius 2 is 1.93 bits per heavy atom. The minimum absolute atomic E-state index is 0.0761. The summed E-state index contributed by atoms with van der Waals surface area (Å²) < 4.78 is 21.4. The summed E-state index contributed by atoms with van der Waals surface area (Å²) in [5, 5.41) is 1.32. The molecule has 2 aromatic carbocycles. The lowest BCUT2D eigenvalue weighted by Crippen LogP contribution is -2.16. The number of carbonyl (C=O) groups is 1. The van der Waals surface area contributed by atoms with E-state index in [1.165, 1.54) is 13.2 Å². The summed E-state index contributed by atoms with van der Waals surface area (Å²) in [7, 11) is 1.53. The third kappa shape index (κ3) is 4.94. The second kappa shape index (κ2) is 9.22. The van der Waals surface area contributed by atoms with Gasteiger partial charge in [-0.3, -0.25) is 0 Å². The summed E-state index contributed by atoms with van der Waals surface area (Å²) in [4.78, 5) is 24.1. The lowest BCUT2D eigenvalue weighted by molar-refractivity contribution is -0.147. The number of hydrogen-bond donors (Lipinski definition) is 0. The van der Waals surface area contributed by atoms with Gasteiger partial charge in [0.05, 0.1) is 7.11 Å². The van der Waals surface area contributed by atoms with Gasteiger partial charge in [0, 0.05) is 28.1 Å². The summed E-state index contributed by atoms with van der Waals surface area (Å²) in [5.74, 6) is 0.794. The van der Waals surface area contributed by atoms with Gasteiger partial charge in [-0.25, -0.2) is 9.59 Å². The largest absolute Gasteiger partial charge is 0.497 e. The van der Waals surface area contributed by atoms with E-state index in [2.05, 4.69) is 0 Å². The Balaban J connectivity index is 1.70. The number of carbonyl (C=O) groups excluding carboxylic acids is 1. The van der Waals surface area contributed by atoms with Gasteiger partial charge in [-0.15, -0.1) is 0 Å². The highest BCUT2D eigenvalue weighted by atomic mass is 35.5. The highest BCUT2D eigenvalue weighted by Gasteiger charge is 2.14. The van der Waals surface area contributed by atoms with E-state index in [4.69, 9.17) is 30.2 Å². The monoisotopic (exact) mass is 430 g/mol. The number of rotatable bonds is 7. The van der Waals surface area contributed by atoms with E-state index in [1.54, 1.807) is 18.2 Å². The molecule has 6 nitrogen and oxygen atoms in total. The van der Waals surface area contributed by atoms with Crippen LogP contribution in [0.1, 0.15) is 36.5 Å². The fourth-order valence-corrected chi connectivity index (χ4v) is 3.21. The second-order valence-electron chi connectivity index (χ2n) is 7.20. The first-order chi connectivity index (χ1) is 14.3. The van der Waals surface area contributed by atoms with Crippen LogP contribution in [0.5, 0.6) is 11.5 Å². The van der Waals surface area contributed by atoms with E-state index in [-0.39, 0.29) is 19.1 Å². The maximum Gasteiger partial charge on any atom is 0.344 e. The van der Waals surface area contributed by atoms with Crippen LogP contribution in [-0.2, 0) is 16.1 Å². The topological polar surface area (TPSA) is 75.0 Å². The molecule has 0 N–H and O–H groups in total. The number of halogens is 1. The fraction of sp³-hybridized carbons (Fsp3) is 0.304. The van der Waals surface area contributed by atoms with Crippen LogP contribution in [0, 0.1) is 6.92 Å². The minimum Gasteiger partial charge on any atom is -0.497 e. The maximum absolute atomic E-state index is 12.2. The van der Waals surface area contributed by atoms with E-state index in [0.29, 0.717) is 33.1 Å². The molecule has 30 heavy (non-hydrogen) atoms. The molecule has 0 saturated carbocycles. The molecule has 0 aliphatic heterocycles. The van der Waals surface area contributed by atoms with Gasteiger partial charge in [0.15, 0.2) is 6.61 Å². The van der Waals surface area contributed by atoms with Crippen molar-refractivity contribution in [3.05, 3.63) is 68.5 Å². The van der Waals surface area contributed by atoms with Crippen molar-refractivity contribution in [1.82, 2.24) is 0 Å². The molecule has 0 unspecified atom stereocenters. The van der Waals surface area contributed by atoms with Crippen molar-refractivity contribution in [2.45, 2.75) is 33.3 Å². The zero-order chi connectivity index (χ0) is 21.8. The smallest absolute Gasteiger partial charge is 0.344 e. The van der Waals surface area contributed by atoms with Crippen molar-refractivity contribution >= 4 is 28.5 Å². The highest BCUT2D eigenvalue weighted by molar-refractivity contribution is 6.31. The summed E-state index contributed by atoms with van der Waals surface area (Å²) in [6.45, 7) is 5.58. The molecule has 0 atom stereocenters. The molecule has 0 aliphatic carbocycles. The fourth-order valence-electron chi connectivity index (χ4n) is 3.04. The van der Waals surface area contributed by atoms with Crippen molar-refractivity contribution < 1.29 is 23.4 Å². The minimum atomic E-state index is -0.549. The second-order valence-corrected chi connectivity index (χ2v) is 7.60. The Kier molecular flexibility index (Phi) is 6.67. The van der Waals surface area contributed by atoms with E-state index in [0.717, 1.165) is 11.1 Å². The van der Waals surface area contributed by atoms with Crippen molar-refractivity contribution in [3.63, 3.8) is 0 Å². The molecule has 0 amide bonds. The molecular formula is C23H23ClO6. The number of fused-ring (bicyclic) bond motifs is 1. The van der Waals surface area contributed by atoms with Gasteiger partial charge >= 0.3 is 11.6 Å². The number of esters is 1. The predicted octanol–water partition coefficient (Wildman–Crippen LogP) is 5.01. The molecule has 0 fully saturated rings. The number of hydrogen-bond acceptors (Lipinski definition) is 6. The van der Waals surface area contributed by atoms with E-state index >= 15 is 0 Å². The van der Waals surface area contributed by atoms with Crippen molar-refractivity contribution in [3.8, 4) is 11.5 Å². The molecule has 3 aromatic rings. The molecule has 1 heterocycles. The molecule has 0 radical (unpaired) electrons. The molecule has 7 heteroatoms. The molecule has 0 aliphatic rings. The average Bonchev–Trinajstić information content (AvgIpc) is 2.71. The first kappa shape index (κ1) is 21.7. The van der Waals surface area contributed by atoms with Crippen LogP contribution in [0.2, 0.25) is 5.02 Å². The third-order valence-electron chi connectivity index (χ3n) is 4.68. The van der Waals surface area contributed by atoms with Crippen LogP contribution in [-0.4, -0.2) is 19.7 Å². The van der Waals surface area contributed by atoms with Gasteiger partial charge < -0.3 is 18.6 Å². The summed E-state index contributed by atoms with van der Waals surface area (Å²) in [6.07, 6.45) is 0. The Labute approximate surface area is 179 Å². The van der Waals surface area contributed by atoms with Crippen LogP contribution < -0.4 is 15.1 Å². The van der Waals surface area contributed by atoms with Crippen LogP contribution in [0.15, 0.2) is 45.6 Å². The molecule has 158 valence electrons. The van der Waals surface area contributed by atoms with Gasteiger partial charge in [0.2, 0.25) is 0 Å². The lowest BCUT2D eigenvalue weighted by atomic mass is 10.0. The average molecular weight is 431 g/mol. The van der Waals surface area contributed by atoms with Crippen molar-refractivity contribution in [2.75, 3.05) is 13.7 Å². The van der Waals surface area contributed by atoms with Gasteiger partial charge in [-0.2, -0.15) is 0 Å². The maximum atomic E-state index is 12.2. The molecular weight excluding hydrogens is 408 g/mol. The lowest BCUT2D eigenvalue weighted by Gasteiger charge is -2.15. The van der Waals surface area contributed by atoms with Crippen LogP contribution >= 0.6 is 11.6 Å². The zero-order valence-electron chi connectivity index (χ0n) is 17.3. The Morgan fingerprint density at radius 1 is 1.17 bits per heavy atom. The predicted molar refractivity (Wildman–Crippen MR) is 115 cm³/mol. The van der Waals surface area contributed by atoms with Gasteiger partial charge in [0.1, 0.15) is 23.7 Å². The summed E-state index contributed by atoms with van der Waals surface area (Å²) in [5.41, 5.74) is 2.16. The zero-order valence-corrected chi connectivity index (χ0v) is 18.0. The molecule has 0 bridgehead atoms. The van der Waals surface area contributed by atoms with Crippen LogP contribution in [0.25, 0.3) is 11.0 Å². The summed E-state index contributed by atoms with van der Waals surface area (Å²) >= 11 is 6.20. The standard InChI is InChI=1S/C23H23ClO6/c1-13(2)18-10-19(24)14(3)7-20(18)28-12-23(26)29-11-15-8-22(25)30-21-9-16(27-4)5-6-17(15)21/h5-10,13H,11-12H2,1-4H3. The quantitative estimate of drug-likeness (QED) is 0.387. The molecule has 1 aromatic heterocycles. The molecule has 3 rings (SSSR count). The van der Waals surface area contributed by atoms with Crippen LogP contribution in [0.3, 0.4) is 0 Å². The number of aryl methyl sites for hydroxylation is 1. The third-order valence-corrected chi connectivity index (χ3v) is 5.09. The Hall–Kier alpha value is -2.99. The molecule has 0 saturated heterocycles. The highest BCUT2D eigenvalue weighted by Crippen LogP contribution is 2.32. The van der Waals surface area contributed by atoms with Gasteiger partial charge in [0.25, 0.3) is 0 Å². The number of benzene rings is 2. The van der Waals surface area contributed by atoms with E-state index in [1.807, 2.05) is 32.9 Å². The SMILES string of the molecule is COc1ccc2c(COC(=O)COc3cc(C)c(Cl)cc3C(C)C)cc(=O)oc2c1. The number of methoxy groups -OCH3 is 1. The normalized spacial score (nSPS) is 11.0. The van der Waals surface area contributed by atoms with Crippen molar-refractivity contribution in [1.29, 1.82) is 0 Å². The first-order valence-corrected chi connectivity index (χ1v) is 9.85. The van der Waals surface area contributed by atoms with Crippen molar-refractivity contribution in [2.24, 2.45) is 0 Å². The summed E-state index contributed by atoms with van der Waals surface area (Å²) in [6, 6.07) is 10.1.